The maximum absolute atomic E-state index is 3.68. The van der Waals surface area contributed by atoms with Gasteiger partial charge in [-0.15, -0.1) is 6.58 Å². The molecule has 0 saturated carbocycles. The van der Waals surface area contributed by atoms with Gasteiger partial charge in [0.2, 0.25) is 0 Å². The van der Waals surface area contributed by atoms with Gasteiger partial charge in [-0.1, -0.05) is 6.08 Å². The van der Waals surface area contributed by atoms with Gasteiger partial charge in [0.05, 0.1) is 0 Å². The van der Waals surface area contributed by atoms with E-state index in [4.69, 9.17) is 0 Å². The van der Waals surface area contributed by atoms with Gasteiger partial charge >= 0.3 is 0 Å². The van der Waals surface area contributed by atoms with E-state index in [1.807, 2.05) is 6.08 Å². The fraction of sp³-hybridized carbons (Fsp3) is 0.714. The monoisotopic (exact) mass is 111 g/mol. The van der Waals surface area contributed by atoms with E-state index in [0.717, 1.165) is 12.5 Å². The van der Waals surface area contributed by atoms with Crippen LogP contribution in [0.1, 0.15) is 19.3 Å². The van der Waals surface area contributed by atoms with Crippen LogP contribution in [0.5, 0.6) is 0 Å². The van der Waals surface area contributed by atoms with Crippen LogP contribution in [0.3, 0.4) is 0 Å². The Bertz CT molecular complexity index is 72.5. The third-order valence-electron chi connectivity index (χ3n) is 1.61. The molecule has 1 unspecified atom stereocenters. The topological polar surface area (TPSA) is 12.0 Å². The summed E-state index contributed by atoms with van der Waals surface area (Å²) in [6, 6.07) is 0.743. The molecule has 1 N–H and O–H groups in total. The maximum Gasteiger partial charge on any atom is 0.0102 e. The molecule has 0 aromatic rings. The molecule has 8 heavy (non-hydrogen) atoms. The van der Waals surface area contributed by atoms with Gasteiger partial charge in [-0.3, -0.25) is 0 Å². The summed E-state index contributed by atoms with van der Waals surface area (Å²) < 4.78 is 0. The first-order valence-corrected chi connectivity index (χ1v) is 3.28. The molecular formula is C7H13N. The van der Waals surface area contributed by atoms with Crippen LogP contribution in [-0.4, -0.2) is 12.6 Å². The van der Waals surface area contributed by atoms with E-state index >= 15 is 0 Å². The van der Waals surface area contributed by atoms with Crippen LogP contribution < -0.4 is 5.32 Å². The molecule has 0 bridgehead atoms. The van der Waals surface area contributed by atoms with Crippen LogP contribution in [0.25, 0.3) is 0 Å². The minimum Gasteiger partial charge on any atom is -0.314 e. The Labute approximate surface area is 50.8 Å². The van der Waals surface area contributed by atoms with Crippen LogP contribution in [0.2, 0.25) is 0 Å². The Morgan fingerprint density at radius 1 is 1.75 bits per heavy atom. The standard InChI is InChI=1S/C7H13N/c1-2-4-7-5-3-6-8-7/h2,7-8H,1,3-6H2. The van der Waals surface area contributed by atoms with Crippen molar-refractivity contribution in [1.29, 1.82) is 0 Å². The summed E-state index contributed by atoms with van der Waals surface area (Å²) in [4.78, 5) is 0. The summed E-state index contributed by atoms with van der Waals surface area (Å²) in [6.07, 6.45) is 5.81. The Morgan fingerprint density at radius 2 is 2.62 bits per heavy atom. The molecule has 0 aliphatic carbocycles. The van der Waals surface area contributed by atoms with E-state index in [9.17, 15) is 0 Å². The summed E-state index contributed by atoms with van der Waals surface area (Å²) >= 11 is 0. The normalized spacial score (nSPS) is 28.2. The minimum atomic E-state index is 0.743. The largest absolute Gasteiger partial charge is 0.314 e. The Kier molecular flexibility index (Phi) is 2.10. The fourth-order valence-corrected chi connectivity index (χ4v) is 1.16. The van der Waals surface area contributed by atoms with Crippen LogP contribution in [0.4, 0.5) is 0 Å². The molecule has 0 radical (unpaired) electrons. The molecule has 46 valence electrons. The Morgan fingerprint density at radius 3 is 3.12 bits per heavy atom. The Balaban J connectivity index is 2.14. The van der Waals surface area contributed by atoms with Gasteiger partial charge in [0.1, 0.15) is 0 Å². The first-order chi connectivity index (χ1) is 3.93. The number of rotatable bonds is 2. The molecule has 1 fully saturated rings. The average Bonchev–Trinajstić information content (AvgIpc) is 2.19. The maximum atomic E-state index is 3.68. The quantitative estimate of drug-likeness (QED) is 0.530. The zero-order chi connectivity index (χ0) is 5.82. The third kappa shape index (κ3) is 1.34. The average molecular weight is 111 g/mol. The van der Waals surface area contributed by atoms with Crippen molar-refractivity contribution in [3.05, 3.63) is 12.7 Å². The molecule has 1 saturated heterocycles. The highest BCUT2D eigenvalue weighted by atomic mass is 14.9. The van der Waals surface area contributed by atoms with Crippen molar-refractivity contribution in [2.75, 3.05) is 6.54 Å². The van der Waals surface area contributed by atoms with Crippen LogP contribution in [0, 0.1) is 0 Å². The Hall–Kier alpha value is -0.300. The van der Waals surface area contributed by atoms with Crippen molar-refractivity contribution in [3.8, 4) is 0 Å². The van der Waals surface area contributed by atoms with Crippen molar-refractivity contribution in [2.24, 2.45) is 0 Å². The molecule has 1 rings (SSSR count). The van der Waals surface area contributed by atoms with E-state index in [-0.39, 0.29) is 0 Å². The molecule has 1 heteroatoms. The first kappa shape index (κ1) is 5.83. The van der Waals surface area contributed by atoms with Gasteiger partial charge < -0.3 is 5.32 Å². The second kappa shape index (κ2) is 2.88. The SMILES string of the molecule is C=CCC1CCCN1. The summed E-state index contributed by atoms with van der Waals surface area (Å²) in [5, 5.41) is 3.39. The fourth-order valence-electron chi connectivity index (χ4n) is 1.16. The van der Waals surface area contributed by atoms with Crippen molar-refractivity contribution < 1.29 is 0 Å². The van der Waals surface area contributed by atoms with Crippen LogP contribution >= 0.6 is 0 Å². The zero-order valence-electron chi connectivity index (χ0n) is 5.19. The second-order valence-corrected chi connectivity index (χ2v) is 2.32. The van der Waals surface area contributed by atoms with Gasteiger partial charge in [-0.05, 0) is 25.8 Å². The van der Waals surface area contributed by atoms with Gasteiger partial charge in [0, 0.05) is 6.04 Å². The van der Waals surface area contributed by atoms with E-state index < -0.39 is 0 Å². The van der Waals surface area contributed by atoms with E-state index in [0.29, 0.717) is 0 Å². The lowest BCUT2D eigenvalue weighted by Crippen LogP contribution is -2.19. The lowest BCUT2D eigenvalue weighted by atomic mass is 10.2. The molecule has 1 atom stereocenters. The van der Waals surface area contributed by atoms with E-state index in [1.165, 1.54) is 19.4 Å². The smallest absolute Gasteiger partial charge is 0.0102 e. The van der Waals surface area contributed by atoms with E-state index in [1.54, 1.807) is 0 Å². The first-order valence-electron chi connectivity index (χ1n) is 3.28. The summed E-state index contributed by atoms with van der Waals surface area (Å²) in [5.41, 5.74) is 0. The van der Waals surface area contributed by atoms with E-state index in [2.05, 4.69) is 11.9 Å². The molecule has 0 aromatic heterocycles. The van der Waals surface area contributed by atoms with Gasteiger partial charge in [-0.2, -0.15) is 0 Å². The number of nitrogens with one attached hydrogen (secondary N) is 1. The highest BCUT2D eigenvalue weighted by molar-refractivity contribution is 4.81. The second-order valence-electron chi connectivity index (χ2n) is 2.32. The molecule has 1 aliphatic rings. The molecule has 0 amide bonds. The summed E-state index contributed by atoms with van der Waals surface area (Å²) in [7, 11) is 0. The van der Waals surface area contributed by atoms with Crippen molar-refractivity contribution in [1.82, 2.24) is 5.32 Å². The third-order valence-corrected chi connectivity index (χ3v) is 1.61. The molecule has 0 spiro atoms. The summed E-state index contributed by atoms with van der Waals surface area (Å²) in [5.74, 6) is 0. The van der Waals surface area contributed by atoms with Gasteiger partial charge in [0.15, 0.2) is 0 Å². The van der Waals surface area contributed by atoms with Crippen LogP contribution in [-0.2, 0) is 0 Å². The molecule has 0 aromatic carbocycles. The number of hydrogen-bond acceptors (Lipinski definition) is 1. The predicted molar refractivity (Wildman–Crippen MR) is 35.8 cm³/mol. The lowest BCUT2D eigenvalue weighted by Gasteiger charge is -2.03. The molecule has 1 heterocycles. The molecule has 1 aliphatic heterocycles. The lowest BCUT2D eigenvalue weighted by molar-refractivity contribution is 0.615. The van der Waals surface area contributed by atoms with Gasteiger partial charge in [0.25, 0.3) is 0 Å². The highest BCUT2D eigenvalue weighted by Gasteiger charge is 2.10. The van der Waals surface area contributed by atoms with Crippen LogP contribution in [0.15, 0.2) is 12.7 Å². The van der Waals surface area contributed by atoms with Gasteiger partial charge in [-0.25, -0.2) is 0 Å². The zero-order valence-corrected chi connectivity index (χ0v) is 5.19. The highest BCUT2D eigenvalue weighted by Crippen LogP contribution is 2.07. The van der Waals surface area contributed by atoms with Crippen molar-refractivity contribution >= 4 is 0 Å². The minimum absolute atomic E-state index is 0.743. The summed E-state index contributed by atoms with van der Waals surface area (Å²) in [6.45, 7) is 4.89. The predicted octanol–water partition coefficient (Wildman–Crippen LogP) is 1.31. The molecular weight excluding hydrogens is 98.1 g/mol. The van der Waals surface area contributed by atoms with Crippen molar-refractivity contribution in [2.45, 2.75) is 25.3 Å². The number of hydrogen-bond donors (Lipinski definition) is 1. The molecule has 1 nitrogen and oxygen atoms in total. The van der Waals surface area contributed by atoms with Crippen molar-refractivity contribution in [3.63, 3.8) is 0 Å².